The maximum Gasteiger partial charge on any atom is 0.251 e. The highest BCUT2D eigenvalue weighted by Gasteiger charge is 2.45. The zero-order valence-electron chi connectivity index (χ0n) is 15.4. The van der Waals surface area contributed by atoms with Crippen molar-refractivity contribution in [2.75, 3.05) is 19.6 Å². The summed E-state index contributed by atoms with van der Waals surface area (Å²) in [5.74, 6) is -0.631. The van der Waals surface area contributed by atoms with E-state index in [1.807, 2.05) is 12.1 Å². The number of rotatable bonds is 6. The third kappa shape index (κ3) is 3.50. The summed E-state index contributed by atoms with van der Waals surface area (Å²) >= 11 is 0. The van der Waals surface area contributed by atoms with Gasteiger partial charge in [-0.25, -0.2) is 0 Å². The van der Waals surface area contributed by atoms with E-state index in [1.54, 1.807) is 0 Å². The van der Waals surface area contributed by atoms with Crippen LogP contribution >= 0.6 is 0 Å². The minimum Gasteiger partial charge on any atom is -0.369 e. The monoisotopic (exact) mass is 355 g/mol. The number of amides is 2. The lowest BCUT2D eigenvalue weighted by Gasteiger charge is -2.23. The highest BCUT2D eigenvalue weighted by molar-refractivity contribution is 5.95. The number of carbonyl (C=O) groups excluding carboxylic acids is 2. The van der Waals surface area contributed by atoms with Crippen molar-refractivity contribution in [1.82, 2.24) is 10.2 Å². The van der Waals surface area contributed by atoms with Crippen LogP contribution in [0.5, 0.6) is 0 Å². The number of nitrogens with zero attached hydrogens (tertiary/aromatic N) is 1. The van der Waals surface area contributed by atoms with E-state index >= 15 is 0 Å². The second kappa shape index (κ2) is 7.03. The molecule has 5 heteroatoms. The van der Waals surface area contributed by atoms with Crippen molar-refractivity contribution in [3.8, 4) is 0 Å². The summed E-state index contributed by atoms with van der Waals surface area (Å²) in [6, 6.07) is 7.99. The number of nitrogens with two attached hydrogens (primary N) is 1. The molecule has 2 atom stereocenters. The van der Waals surface area contributed by atoms with Crippen molar-refractivity contribution < 1.29 is 9.59 Å². The molecule has 1 heterocycles. The van der Waals surface area contributed by atoms with Crippen LogP contribution < -0.4 is 11.1 Å². The highest BCUT2D eigenvalue weighted by Crippen LogP contribution is 2.49. The van der Waals surface area contributed by atoms with Gasteiger partial charge in [-0.05, 0) is 69.3 Å². The van der Waals surface area contributed by atoms with Crippen molar-refractivity contribution in [2.45, 2.75) is 56.4 Å². The van der Waals surface area contributed by atoms with E-state index in [-0.39, 0.29) is 23.8 Å². The molecule has 0 bridgehead atoms. The van der Waals surface area contributed by atoms with Crippen LogP contribution in [0.15, 0.2) is 24.3 Å². The number of benzene rings is 1. The molecule has 2 saturated carbocycles. The van der Waals surface area contributed by atoms with Gasteiger partial charge in [-0.2, -0.15) is 0 Å². The van der Waals surface area contributed by atoms with Gasteiger partial charge >= 0.3 is 0 Å². The summed E-state index contributed by atoms with van der Waals surface area (Å²) < 4.78 is 0. The third-order valence-corrected chi connectivity index (χ3v) is 6.54. The van der Waals surface area contributed by atoms with Crippen LogP contribution in [0.2, 0.25) is 0 Å². The summed E-state index contributed by atoms with van der Waals surface area (Å²) in [4.78, 5) is 26.6. The molecule has 0 radical (unpaired) electrons. The van der Waals surface area contributed by atoms with E-state index in [0.29, 0.717) is 11.0 Å². The van der Waals surface area contributed by atoms with E-state index in [1.165, 1.54) is 44.3 Å². The molecular weight excluding hydrogens is 326 g/mol. The van der Waals surface area contributed by atoms with Gasteiger partial charge in [-0.1, -0.05) is 18.6 Å². The average Bonchev–Trinajstić information content (AvgIpc) is 3.02. The fraction of sp³-hybridized carbons (Fsp3) is 0.619. The summed E-state index contributed by atoms with van der Waals surface area (Å²) in [5, 5.41) is 3.01. The Kier molecular flexibility index (Phi) is 4.74. The Balaban J connectivity index is 1.39. The average molecular weight is 355 g/mol. The van der Waals surface area contributed by atoms with E-state index in [9.17, 15) is 9.59 Å². The number of primary amides is 1. The number of likely N-dealkylation sites (tertiary alicyclic amines) is 1. The first-order valence-corrected chi connectivity index (χ1v) is 10.0. The first-order chi connectivity index (χ1) is 12.6. The molecule has 1 aliphatic heterocycles. The predicted octanol–water partition coefficient (Wildman–Crippen LogP) is 2.20. The smallest absolute Gasteiger partial charge is 0.251 e. The summed E-state index contributed by atoms with van der Waals surface area (Å²) in [7, 11) is 0. The van der Waals surface area contributed by atoms with Gasteiger partial charge in [0.2, 0.25) is 5.91 Å². The molecular formula is C21H29N3O2. The van der Waals surface area contributed by atoms with Gasteiger partial charge in [0, 0.05) is 23.6 Å². The highest BCUT2D eigenvalue weighted by atomic mass is 16.2. The second-order valence-electron chi connectivity index (χ2n) is 8.36. The molecule has 0 spiro atoms. The molecule has 2 aliphatic carbocycles. The molecule has 2 unspecified atom stereocenters. The van der Waals surface area contributed by atoms with E-state index < -0.39 is 0 Å². The zero-order chi connectivity index (χ0) is 18.1. The first kappa shape index (κ1) is 17.5. The summed E-state index contributed by atoms with van der Waals surface area (Å²) in [6.07, 6.45) is 7.69. The SMILES string of the molecule is NC(=O)C1CCCC1NC(=O)c1ccc(C2(CN3CCCC3)CC2)cc1. The van der Waals surface area contributed by atoms with Crippen molar-refractivity contribution in [3.05, 3.63) is 35.4 Å². The van der Waals surface area contributed by atoms with Gasteiger partial charge in [-0.3, -0.25) is 9.59 Å². The van der Waals surface area contributed by atoms with Crippen molar-refractivity contribution >= 4 is 11.8 Å². The lowest BCUT2D eigenvalue weighted by atomic mass is 9.94. The standard InChI is InChI=1S/C21H29N3O2/c22-19(25)17-4-3-5-18(17)23-20(26)15-6-8-16(9-7-15)21(10-11-21)14-24-12-1-2-13-24/h6-9,17-18H,1-5,10-14H2,(H2,22,25)(H,23,26). The quantitative estimate of drug-likeness (QED) is 0.821. The van der Waals surface area contributed by atoms with Gasteiger partial charge in [0.1, 0.15) is 0 Å². The fourth-order valence-electron chi connectivity index (χ4n) is 4.76. The van der Waals surface area contributed by atoms with Gasteiger partial charge in [-0.15, -0.1) is 0 Å². The first-order valence-electron chi connectivity index (χ1n) is 10.0. The Hall–Kier alpha value is -1.88. The zero-order valence-corrected chi connectivity index (χ0v) is 15.4. The maximum absolute atomic E-state index is 12.6. The van der Waals surface area contributed by atoms with Crippen LogP contribution in [0.25, 0.3) is 0 Å². The molecule has 2 amide bonds. The number of nitrogens with one attached hydrogen (secondary N) is 1. The summed E-state index contributed by atoms with van der Waals surface area (Å²) in [5.41, 5.74) is 7.78. The molecule has 3 aliphatic rings. The van der Waals surface area contributed by atoms with Crippen LogP contribution in [0.1, 0.15) is 60.9 Å². The minimum atomic E-state index is -0.305. The minimum absolute atomic E-state index is 0.0981. The maximum atomic E-state index is 12.6. The molecule has 26 heavy (non-hydrogen) atoms. The lowest BCUT2D eigenvalue weighted by Crippen LogP contribution is -2.42. The largest absolute Gasteiger partial charge is 0.369 e. The Morgan fingerprint density at radius 3 is 2.38 bits per heavy atom. The number of hydrogen-bond acceptors (Lipinski definition) is 3. The van der Waals surface area contributed by atoms with Crippen molar-refractivity contribution in [2.24, 2.45) is 11.7 Å². The van der Waals surface area contributed by atoms with Crippen LogP contribution in [0, 0.1) is 5.92 Å². The Labute approximate surface area is 155 Å². The molecule has 0 aromatic heterocycles. The van der Waals surface area contributed by atoms with Gasteiger partial charge in [0.25, 0.3) is 5.91 Å². The molecule has 4 rings (SSSR count). The van der Waals surface area contributed by atoms with Crippen LogP contribution in [0.3, 0.4) is 0 Å². The predicted molar refractivity (Wildman–Crippen MR) is 101 cm³/mol. The van der Waals surface area contributed by atoms with Gasteiger partial charge in [0.05, 0.1) is 5.92 Å². The molecule has 140 valence electrons. The third-order valence-electron chi connectivity index (χ3n) is 6.54. The fourth-order valence-corrected chi connectivity index (χ4v) is 4.76. The number of hydrogen-bond donors (Lipinski definition) is 2. The van der Waals surface area contributed by atoms with Crippen LogP contribution in [-0.4, -0.2) is 42.4 Å². The Morgan fingerprint density at radius 1 is 1.08 bits per heavy atom. The van der Waals surface area contributed by atoms with Crippen molar-refractivity contribution in [3.63, 3.8) is 0 Å². The molecule has 3 N–H and O–H groups in total. The Bertz CT molecular complexity index is 675. The van der Waals surface area contributed by atoms with E-state index in [4.69, 9.17) is 5.73 Å². The summed E-state index contributed by atoms with van der Waals surface area (Å²) in [6.45, 7) is 3.61. The van der Waals surface area contributed by atoms with Crippen LogP contribution in [0.4, 0.5) is 0 Å². The van der Waals surface area contributed by atoms with E-state index in [2.05, 4.69) is 22.3 Å². The molecule has 1 aromatic carbocycles. The molecule has 1 saturated heterocycles. The molecule has 3 fully saturated rings. The van der Waals surface area contributed by atoms with Gasteiger partial charge < -0.3 is 16.0 Å². The topological polar surface area (TPSA) is 75.4 Å². The second-order valence-corrected chi connectivity index (χ2v) is 8.36. The van der Waals surface area contributed by atoms with Crippen molar-refractivity contribution in [1.29, 1.82) is 0 Å². The van der Waals surface area contributed by atoms with Crippen LogP contribution in [-0.2, 0) is 10.2 Å². The molecule has 1 aromatic rings. The lowest BCUT2D eigenvalue weighted by molar-refractivity contribution is -0.122. The molecule has 5 nitrogen and oxygen atoms in total. The normalized spacial score (nSPS) is 27.4. The number of carbonyl (C=O) groups is 2. The van der Waals surface area contributed by atoms with Gasteiger partial charge in [0.15, 0.2) is 0 Å². The van der Waals surface area contributed by atoms with E-state index in [0.717, 1.165) is 25.8 Å². The Morgan fingerprint density at radius 2 is 1.77 bits per heavy atom.